The van der Waals surface area contributed by atoms with Crippen LogP contribution in [0.4, 0.5) is 0 Å². The Hall–Kier alpha value is -0.620. The van der Waals surface area contributed by atoms with Gasteiger partial charge in [-0.3, -0.25) is 0 Å². The molecule has 0 atom stereocenters. The minimum Gasteiger partial charge on any atom is -0.223 e. The van der Waals surface area contributed by atoms with Crippen LogP contribution >= 0.6 is 0 Å². The molecule has 0 N–H and O–H groups in total. The Morgan fingerprint density at radius 3 is 2.00 bits per heavy atom. The maximum absolute atomic E-state index is 11.0. The van der Waals surface area contributed by atoms with Gasteiger partial charge in [-0.15, -0.1) is 0 Å². The molecule has 0 radical (unpaired) electrons. The quantitative estimate of drug-likeness (QED) is 0.675. The number of rotatable bonds is 4. The van der Waals surface area contributed by atoms with Crippen LogP contribution in [0.25, 0.3) is 0 Å². The molecule has 70 valence electrons. The van der Waals surface area contributed by atoms with Gasteiger partial charge in [0.05, 0.1) is 5.75 Å². The van der Waals surface area contributed by atoms with Gasteiger partial charge in [-0.2, -0.15) is 0 Å². The van der Waals surface area contributed by atoms with Crippen LogP contribution in [-0.2, 0) is 19.7 Å². The third-order valence-corrected chi connectivity index (χ3v) is 5.25. The van der Waals surface area contributed by atoms with Crippen LogP contribution in [0, 0.1) is 0 Å². The van der Waals surface area contributed by atoms with Crippen LogP contribution in [0.3, 0.4) is 0 Å². The summed E-state index contributed by atoms with van der Waals surface area (Å²) in [4.78, 5) is 0. The van der Waals surface area contributed by atoms with E-state index in [1.54, 1.807) is 0 Å². The van der Waals surface area contributed by atoms with Crippen LogP contribution in [0.1, 0.15) is 6.92 Å². The van der Waals surface area contributed by atoms with Crippen LogP contribution in [0.2, 0.25) is 0 Å². The summed E-state index contributed by atoms with van der Waals surface area (Å²) < 4.78 is 43.0. The Morgan fingerprint density at radius 2 is 1.75 bits per heavy atom. The second-order valence-corrected chi connectivity index (χ2v) is 6.46. The normalized spacial score (nSPS) is 12.4. The first-order chi connectivity index (χ1) is 5.28. The van der Waals surface area contributed by atoms with E-state index in [0.717, 1.165) is 0 Å². The minimum absolute atomic E-state index is 0.279. The number of sulfone groups is 2. The van der Waals surface area contributed by atoms with E-state index in [1.807, 2.05) is 0 Å². The van der Waals surface area contributed by atoms with E-state index < -0.39 is 23.9 Å². The molecular weight excluding hydrogens is 200 g/mol. The van der Waals surface area contributed by atoms with Crippen molar-refractivity contribution in [3.8, 4) is 0 Å². The Labute approximate surface area is 72.4 Å². The molecule has 4 nitrogen and oxygen atoms in total. The fourth-order valence-electron chi connectivity index (χ4n) is 0.431. The topological polar surface area (TPSA) is 68.3 Å². The predicted molar refractivity (Wildman–Crippen MR) is 47.7 cm³/mol. The zero-order valence-electron chi connectivity index (χ0n) is 6.65. The maximum atomic E-state index is 11.0. The first-order valence-corrected chi connectivity index (χ1v) is 6.27. The number of hydrogen-bond donors (Lipinski definition) is 0. The average Bonchev–Trinajstić information content (AvgIpc) is 2.03. The zero-order valence-corrected chi connectivity index (χ0v) is 8.28. The standard InChI is InChI=1S/C6H10O4S2/c1-4-11(7,8)6(3)12(9,10)5-2/h4H,1,3,5H2,2H3. The lowest BCUT2D eigenvalue weighted by atomic mass is 11.0. The van der Waals surface area contributed by atoms with Crippen LogP contribution in [0.5, 0.6) is 0 Å². The molecule has 0 aliphatic heterocycles. The molecule has 0 aromatic rings. The molecule has 0 aromatic heterocycles. The van der Waals surface area contributed by atoms with Gasteiger partial charge in [0.15, 0.2) is 14.1 Å². The highest BCUT2D eigenvalue weighted by Crippen LogP contribution is 2.13. The van der Waals surface area contributed by atoms with E-state index in [2.05, 4.69) is 13.2 Å². The molecule has 0 fully saturated rings. The van der Waals surface area contributed by atoms with Gasteiger partial charge in [-0.1, -0.05) is 20.1 Å². The van der Waals surface area contributed by atoms with Crippen molar-refractivity contribution in [2.24, 2.45) is 0 Å². The summed E-state index contributed by atoms with van der Waals surface area (Å²) in [5, 5.41) is 0.572. The molecule has 6 heteroatoms. The van der Waals surface area contributed by atoms with E-state index in [-0.39, 0.29) is 5.75 Å². The molecule has 0 rings (SSSR count). The van der Waals surface area contributed by atoms with Gasteiger partial charge in [0.1, 0.15) is 0 Å². The molecule has 0 saturated heterocycles. The first kappa shape index (κ1) is 11.4. The lowest BCUT2D eigenvalue weighted by Crippen LogP contribution is -2.12. The molecule has 0 bridgehead atoms. The van der Waals surface area contributed by atoms with Gasteiger partial charge in [0.2, 0.25) is 9.84 Å². The van der Waals surface area contributed by atoms with Crippen molar-refractivity contribution in [3.05, 3.63) is 22.8 Å². The largest absolute Gasteiger partial charge is 0.223 e. The van der Waals surface area contributed by atoms with E-state index in [9.17, 15) is 16.8 Å². The second-order valence-electron chi connectivity index (χ2n) is 1.99. The van der Waals surface area contributed by atoms with Gasteiger partial charge >= 0.3 is 0 Å². The highest BCUT2D eigenvalue weighted by molar-refractivity contribution is 8.15. The Balaban J connectivity index is 5.30. The zero-order chi connectivity index (χ0) is 9.99. The molecule has 0 spiro atoms. The van der Waals surface area contributed by atoms with Gasteiger partial charge in [-0.25, -0.2) is 16.8 Å². The molecule has 0 amide bonds. The summed E-state index contributed by atoms with van der Waals surface area (Å²) in [7, 11) is -7.61. The summed E-state index contributed by atoms with van der Waals surface area (Å²) in [6.45, 7) is 7.33. The molecule has 0 aromatic carbocycles. The smallest absolute Gasteiger partial charge is 0.209 e. The van der Waals surface area contributed by atoms with Gasteiger partial charge in [-0.05, 0) is 0 Å². The van der Waals surface area contributed by atoms with Crippen LogP contribution < -0.4 is 0 Å². The van der Waals surface area contributed by atoms with Crippen molar-refractivity contribution in [3.63, 3.8) is 0 Å². The summed E-state index contributed by atoms with van der Waals surface area (Å²) in [5.74, 6) is -0.279. The summed E-state index contributed by atoms with van der Waals surface area (Å²) >= 11 is 0. The van der Waals surface area contributed by atoms with E-state index in [4.69, 9.17) is 0 Å². The molecule has 0 aliphatic carbocycles. The van der Waals surface area contributed by atoms with E-state index >= 15 is 0 Å². The molecule has 0 heterocycles. The average molecular weight is 210 g/mol. The van der Waals surface area contributed by atoms with Crippen molar-refractivity contribution in [1.82, 2.24) is 0 Å². The fourth-order valence-corrected chi connectivity index (χ4v) is 2.91. The minimum atomic E-state index is -3.89. The molecule has 12 heavy (non-hydrogen) atoms. The summed E-state index contributed by atoms with van der Waals surface area (Å²) in [6.07, 6.45) is 0. The van der Waals surface area contributed by atoms with Gasteiger partial charge < -0.3 is 0 Å². The summed E-state index contributed by atoms with van der Waals surface area (Å²) in [5.41, 5.74) is 0. The number of hydrogen-bond acceptors (Lipinski definition) is 4. The van der Waals surface area contributed by atoms with Crippen molar-refractivity contribution < 1.29 is 16.8 Å². The van der Waals surface area contributed by atoms with Gasteiger partial charge in [0, 0.05) is 5.41 Å². The van der Waals surface area contributed by atoms with E-state index in [0.29, 0.717) is 5.41 Å². The lowest BCUT2D eigenvalue weighted by Gasteiger charge is -2.01. The third-order valence-electron chi connectivity index (χ3n) is 1.26. The predicted octanol–water partition coefficient (Wildman–Crippen LogP) is 0.451. The molecule has 0 saturated carbocycles. The Kier molecular flexibility index (Phi) is 3.23. The first-order valence-electron chi connectivity index (χ1n) is 3.07. The summed E-state index contributed by atoms with van der Waals surface area (Å²) in [6, 6.07) is 0. The van der Waals surface area contributed by atoms with E-state index in [1.165, 1.54) is 6.92 Å². The molecular formula is C6H10O4S2. The van der Waals surface area contributed by atoms with Crippen molar-refractivity contribution >= 4 is 19.7 Å². The van der Waals surface area contributed by atoms with Crippen molar-refractivity contribution in [1.29, 1.82) is 0 Å². The Morgan fingerprint density at radius 1 is 1.33 bits per heavy atom. The maximum Gasteiger partial charge on any atom is 0.209 e. The fraction of sp³-hybridized carbons (Fsp3) is 0.333. The van der Waals surface area contributed by atoms with Crippen LogP contribution in [-0.4, -0.2) is 22.6 Å². The van der Waals surface area contributed by atoms with Crippen molar-refractivity contribution in [2.75, 3.05) is 5.75 Å². The highest BCUT2D eigenvalue weighted by atomic mass is 32.3. The SMILES string of the molecule is C=CS(=O)(=O)C(=C)S(=O)(=O)CC. The molecule has 0 unspecified atom stereocenters. The highest BCUT2D eigenvalue weighted by Gasteiger charge is 2.23. The lowest BCUT2D eigenvalue weighted by molar-refractivity contribution is 0.599. The molecule has 0 aliphatic rings. The monoisotopic (exact) mass is 210 g/mol. The second kappa shape index (κ2) is 3.40. The van der Waals surface area contributed by atoms with Gasteiger partial charge in [0.25, 0.3) is 0 Å². The Bertz CT molecular complexity index is 385. The van der Waals surface area contributed by atoms with Crippen molar-refractivity contribution in [2.45, 2.75) is 6.92 Å². The van der Waals surface area contributed by atoms with Crippen LogP contribution in [0.15, 0.2) is 22.8 Å². The third kappa shape index (κ3) is 2.18.